The molecule has 0 saturated carbocycles. The second kappa shape index (κ2) is 7.89. The maximum Gasteiger partial charge on any atom is 0.412 e. The van der Waals surface area contributed by atoms with Crippen LogP contribution in [0.5, 0.6) is 0 Å². The van der Waals surface area contributed by atoms with Crippen molar-refractivity contribution in [1.82, 2.24) is 9.80 Å². The Bertz CT molecular complexity index is 740. The molecule has 1 unspecified atom stereocenters. The van der Waals surface area contributed by atoms with Crippen molar-refractivity contribution < 1.29 is 14.3 Å². The lowest BCUT2D eigenvalue weighted by molar-refractivity contribution is -0.129. The molecule has 0 aliphatic carbocycles. The highest BCUT2D eigenvalue weighted by Crippen LogP contribution is 2.36. The average Bonchev–Trinajstić information content (AvgIpc) is 2.73. The highest BCUT2D eigenvalue weighted by atomic mass is 127. The van der Waals surface area contributed by atoms with E-state index in [-0.39, 0.29) is 17.5 Å². The van der Waals surface area contributed by atoms with Gasteiger partial charge >= 0.3 is 6.09 Å². The van der Waals surface area contributed by atoms with E-state index in [9.17, 15) is 9.59 Å². The second-order valence-electron chi connectivity index (χ2n) is 9.03. The molecule has 0 spiro atoms. The first-order valence-corrected chi connectivity index (χ1v) is 10.8. The number of carbonyl (C=O) groups excluding carboxylic acids is 2. The number of benzene rings is 1. The Morgan fingerprint density at radius 1 is 1.22 bits per heavy atom. The standard InChI is InChI=1S/C20H28BrIN2O3/c1-19(2,3)17-23(7)16(25)15(24(17)18(26)27-20(4,5)6)10-12-8-9-13(21)11-14(12)22/h8-9,11,15,17H,10H2,1-7H3/t15-,17?/m0/s1. The van der Waals surface area contributed by atoms with Gasteiger partial charge < -0.3 is 9.64 Å². The van der Waals surface area contributed by atoms with E-state index < -0.39 is 17.7 Å². The Kier molecular flexibility index (Phi) is 6.56. The van der Waals surface area contributed by atoms with E-state index >= 15 is 0 Å². The highest BCUT2D eigenvalue weighted by molar-refractivity contribution is 14.1. The van der Waals surface area contributed by atoms with Crippen molar-refractivity contribution in [2.45, 2.75) is 65.8 Å². The summed E-state index contributed by atoms with van der Waals surface area (Å²) in [7, 11) is 1.77. The van der Waals surface area contributed by atoms with E-state index in [1.54, 1.807) is 16.8 Å². The summed E-state index contributed by atoms with van der Waals surface area (Å²) in [5.74, 6) is -0.0560. The minimum atomic E-state index is -0.625. The Balaban J connectivity index is 2.45. The summed E-state index contributed by atoms with van der Waals surface area (Å²) in [5.41, 5.74) is 0.108. The Morgan fingerprint density at radius 2 is 1.81 bits per heavy atom. The molecule has 0 radical (unpaired) electrons. The molecule has 2 rings (SSSR count). The van der Waals surface area contributed by atoms with E-state index in [4.69, 9.17) is 4.74 Å². The molecule has 1 saturated heterocycles. The first kappa shape index (κ1) is 22.5. The van der Waals surface area contributed by atoms with E-state index in [0.717, 1.165) is 13.6 Å². The van der Waals surface area contributed by atoms with Gasteiger partial charge in [0.1, 0.15) is 17.8 Å². The van der Waals surface area contributed by atoms with Crippen LogP contribution < -0.4 is 0 Å². The van der Waals surface area contributed by atoms with Gasteiger partial charge in [-0.15, -0.1) is 0 Å². The third-order valence-electron chi connectivity index (χ3n) is 4.41. The third kappa shape index (κ3) is 5.16. The Morgan fingerprint density at radius 3 is 2.30 bits per heavy atom. The number of likely N-dealkylation sites (N-methyl/N-ethyl adjacent to an activating group) is 1. The molecule has 2 amide bonds. The lowest BCUT2D eigenvalue weighted by atomic mass is 9.91. The zero-order chi connectivity index (χ0) is 20.7. The first-order chi connectivity index (χ1) is 12.2. The first-order valence-electron chi connectivity index (χ1n) is 8.94. The predicted molar refractivity (Wildman–Crippen MR) is 118 cm³/mol. The fourth-order valence-electron chi connectivity index (χ4n) is 3.45. The van der Waals surface area contributed by atoms with E-state index in [2.05, 4.69) is 38.5 Å². The fourth-order valence-corrected chi connectivity index (χ4v) is 4.98. The van der Waals surface area contributed by atoms with Crippen molar-refractivity contribution in [3.8, 4) is 0 Å². The highest BCUT2D eigenvalue weighted by Gasteiger charge is 2.52. The van der Waals surface area contributed by atoms with Crippen molar-refractivity contribution in [3.05, 3.63) is 31.8 Å². The Hall–Kier alpha value is -0.830. The molecular weight excluding hydrogens is 523 g/mol. The molecule has 1 aliphatic rings. The van der Waals surface area contributed by atoms with Crippen LogP contribution in [0.3, 0.4) is 0 Å². The largest absolute Gasteiger partial charge is 0.444 e. The zero-order valence-corrected chi connectivity index (χ0v) is 20.7. The molecule has 27 heavy (non-hydrogen) atoms. The SMILES string of the molecule is CN1C(=O)[C@H](Cc2ccc(Br)cc2I)N(C(=O)OC(C)(C)C)C1C(C)(C)C. The summed E-state index contributed by atoms with van der Waals surface area (Å²) in [5, 5.41) is 0. The summed E-state index contributed by atoms with van der Waals surface area (Å²) in [6, 6.07) is 5.39. The number of hydrogen-bond acceptors (Lipinski definition) is 3. The van der Waals surface area contributed by atoms with Gasteiger partial charge in [0.15, 0.2) is 0 Å². The molecular formula is C20H28BrIN2O3. The van der Waals surface area contributed by atoms with Crippen LogP contribution in [0, 0.1) is 8.99 Å². The van der Waals surface area contributed by atoms with Crippen molar-refractivity contribution >= 4 is 50.5 Å². The summed E-state index contributed by atoms with van der Waals surface area (Å²) < 4.78 is 7.70. The molecule has 5 nitrogen and oxygen atoms in total. The van der Waals surface area contributed by atoms with Crippen LogP contribution in [0.25, 0.3) is 0 Å². The second-order valence-corrected chi connectivity index (χ2v) is 11.1. The van der Waals surface area contributed by atoms with Crippen LogP contribution in [-0.4, -0.2) is 46.7 Å². The van der Waals surface area contributed by atoms with Gasteiger partial charge in [-0.25, -0.2) is 4.79 Å². The molecule has 0 bridgehead atoms. The summed E-state index contributed by atoms with van der Waals surface area (Å²) in [6.45, 7) is 11.6. The number of amides is 2. The lowest BCUT2D eigenvalue weighted by Gasteiger charge is -2.39. The molecule has 0 N–H and O–H groups in total. The van der Waals surface area contributed by atoms with Gasteiger partial charge in [-0.1, -0.05) is 42.8 Å². The Labute approximate surface area is 184 Å². The van der Waals surface area contributed by atoms with Crippen molar-refractivity contribution in [2.24, 2.45) is 5.41 Å². The van der Waals surface area contributed by atoms with Crippen LogP contribution in [0.15, 0.2) is 22.7 Å². The van der Waals surface area contributed by atoms with Crippen LogP contribution in [0.2, 0.25) is 0 Å². The maximum atomic E-state index is 13.1. The molecule has 1 aromatic carbocycles. The van der Waals surface area contributed by atoms with Crippen LogP contribution in [0.1, 0.15) is 47.1 Å². The monoisotopic (exact) mass is 550 g/mol. The predicted octanol–water partition coefficient (Wildman–Crippen LogP) is 5.05. The normalized spacial score (nSPS) is 21.0. The maximum absolute atomic E-state index is 13.1. The number of halogens is 2. The minimum absolute atomic E-state index is 0.0560. The quantitative estimate of drug-likeness (QED) is 0.484. The summed E-state index contributed by atoms with van der Waals surface area (Å²) in [4.78, 5) is 29.5. The molecule has 1 heterocycles. The van der Waals surface area contributed by atoms with Crippen LogP contribution in [-0.2, 0) is 16.0 Å². The van der Waals surface area contributed by atoms with Gasteiger partial charge in [-0.05, 0) is 61.1 Å². The zero-order valence-electron chi connectivity index (χ0n) is 17.0. The molecule has 1 aliphatic heterocycles. The van der Waals surface area contributed by atoms with Gasteiger partial charge in [0, 0.05) is 26.9 Å². The number of hydrogen-bond donors (Lipinski definition) is 0. The summed E-state index contributed by atoms with van der Waals surface area (Å²) >= 11 is 5.73. The van der Waals surface area contributed by atoms with Gasteiger partial charge in [0.25, 0.3) is 0 Å². The number of rotatable bonds is 2. The lowest BCUT2D eigenvalue weighted by Crippen LogP contribution is -2.52. The molecule has 1 fully saturated rings. The minimum Gasteiger partial charge on any atom is -0.444 e. The van der Waals surface area contributed by atoms with E-state index in [1.165, 1.54) is 0 Å². The molecule has 0 aromatic heterocycles. The van der Waals surface area contributed by atoms with E-state index in [0.29, 0.717) is 6.42 Å². The number of carbonyl (C=O) groups is 2. The van der Waals surface area contributed by atoms with Gasteiger partial charge in [0.2, 0.25) is 5.91 Å². The van der Waals surface area contributed by atoms with Gasteiger partial charge in [0.05, 0.1) is 0 Å². The smallest absolute Gasteiger partial charge is 0.412 e. The van der Waals surface area contributed by atoms with Crippen molar-refractivity contribution in [2.75, 3.05) is 7.05 Å². The van der Waals surface area contributed by atoms with E-state index in [1.807, 2.05) is 59.7 Å². The molecule has 2 atom stereocenters. The number of nitrogens with zero attached hydrogens (tertiary/aromatic N) is 2. The van der Waals surface area contributed by atoms with Crippen LogP contribution in [0.4, 0.5) is 4.79 Å². The van der Waals surface area contributed by atoms with Gasteiger partial charge in [-0.2, -0.15) is 0 Å². The molecule has 1 aromatic rings. The topological polar surface area (TPSA) is 49.9 Å². The third-order valence-corrected chi connectivity index (χ3v) is 5.90. The van der Waals surface area contributed by atoms with Crippen molar-refractivity contribution in [3.63, 3.8) is 0 Å². The van der Waals surface area contributed by atoms with Crippen molar-refractivity contribution in [1.29, 1.82) is 0 Å². The van der Waals surface area contributed by atoms with Crippen LogP contribution >= 0.6 is 38.5 Å². The number of ether oxygens (including phenoxy) is 1. The average molecular weight is 551 g/mol. The summed E-state index contributed by atoms with van der Waals surface area (Å²) in [6.07, 6.45) is -0.351. The molecule has 7 heteroatoms. The molecule has 150 valence electrons. The fraction of sp³-hybridized carbons (Fsp3) is 0.600. The van der Waals surface area contributed by atoms with Gasteiger partial charge in [-0.3, -0.25) is 9.69 Å².